The first-order chi connectivity index (χ1) is 42.7. The summed E-state index contributed by atoms with van der Waals surface area (Å²) in [6, 6.07) is 0. The number of esters is 10. The Labute approximate surface area is 588 Å². The molecule has 0 unspecified atom stereocenters. The van der Waals surface area contributed by atoms with Crippen LogP contribution in [-0.4, -0.2) is 136 Å². The average molecular weight is 1530 g/mol. The monoisotopic (exact) mass is 1530 g/mol. The van der Waals surface area contributed by atoms with Crippen LogP contribution in [0.2, 0.25) is 0 Å². The molecule has 0 atom stereocenters. The summed E-state index contributed by atoms with van der Waals surface area (Å²) in [5, 5.41) is 0. The molecule has 0 amide bonds. The smallest absolute Gasteiger partial charge is 0.333 e. The van der Waals surface area contributed by atoms with Crippen molar-refractivity contribution in [1.82, 2.24) is 0 Å². The number of ether oxygens (including phenoxy) is 10. The normalized spacial score (nSPS) is 19.0. The molecule has 0 aromatic heterocycles. The maximum absolute atomic E-state index is 13.8. The Morgan fingerprint density at radius 2 is 0.479 bits per heavy atom. The molecule has 94 heavy (non-hydrogen) atoms. The maximum atomic E-state index is 13.8. The van der Waals surface area contributed by atoms with Crippen molar-refractivity contribution < 1.29 is 95.3 Å². The van der Waals surface area contributed by atoms with E-state index in [1.807, 2.05) is 20.8 Å². The molecule has 2 rings (SSSR count). The van der Waals surface area contributed by atoms with E-state index in [2.05, 4.69) is 61.3 Å². The summed E-state index contributed by atoms with van der Waals surface area (Å²) in [6.45, 7) is 45.4. The molecule has 0 heterocycles. The highest BCUT2D eigenvalue weighted by molar-refractivity contribution is 9.10. The lowest BCUT2D eigenvalue weighted by molar-refractivity contribution is -0.184. The van der Waals surface area contributed by atoms with Gasteiger partial charge in [0.25, 0.3) is 0 Å². The molecule has 0 aromatic carbocycles. The Bertz CT molecular complexity index is 2240. The summed E-state index contributed by atoms with van der Waals surface area (Å²) in [6.07, 6.45) is 4.93. The van der Waals surface area contributed by atoms with Gasteiger partial charge < -0.3 is 47.4 Å². The second-order valence-corrected chi connectivity index (χ2v) is 36.5. The lowest BCUT2D eigenvalue weighted by atomic mass is 9.75. The zero-order chi connectivity index (χ0) is 73.2. The minimum absolute atomic E-state index is 0.155. The Morgan fingerprint density at radius 3 is 0.649 bits per heavy atom. The highest BCUT2D eigenvalue weighted by Crippen LogP contribution is 2.42. The van der Waals surface area contributed by atoms with Crippen LogP contribution in [0, 0.1) is 32.5 Å². The van der Waals surface area contributed by atoms with Gasteiger partial charge in [-0.25, -0.2) is 4.79 Å². The minimum atomic E-state index is -1.10. The van der Waals surface area contributed by atoms with Crippen molar-refractivity contribution in [2.24, 2.45) is 32.5 Å². The molecule has 23 heteroatoms. The Hall–Kier alpha value is -4.12. The summed E-state index contributed by atoms with van der Waals surface area (Å²) in [7, 11) is 0. The molecular formula is C71H119Br3O20. The molecule has 2 aliphatic carbocycles. The first-order valence-electron chi connectivity index (χ1n) is 33.4. The first-order valence-corrected chi connectivity index (χ1v) is 35.8. The van der Waals surface area contributed by atoms with Gasteiger partial charge in [0, 0.05) is 44.1 Å². The number of rotatable bonds is 34. The van der Waals surface area contributed by atoms with Gasteiger partial charge in [-0.3, -0.25) is 43.2 Å². The Morgan fingerprint density at radius 1 is 0.309 bits per heavy atom. The van der Waals surface area contributed by atoms with Crippen LogP contribution < -0.4 is 0 Å². The van der Waals surface area contributed by atoms with Crippen molar-refractivity contribution >= 4 is 107 Å². The quantitative estimate of drug-likeness (QED) is 0.0190. The summed E-state index contributed by atoms with van der Waals surface area (Å²) in [5.74, 6) is -4.39. The van der Waals surface area contributed by atoms with E-state index < -0.39 is 136 Å². The molecule has 0 bridgehead atoms. The van der Waals surface area contributed by atoms with Gasteiger partial charge in [0.1, 0.15) is 49.6 Å². The first kappa shape index (κ1) is 89.9. The number of unbranched alkanes of at least 4 members (excludes halogenated alkanes) is 4. The maximum Gasteiger partial charge on any atom is 0.333 e. The largest absolute Gasteiger partial charge is 0.465 e. The fourth-order valence-corrected chi connectivity index (χ4v) is 10.7. The highest BCUT2D eigenvalue weighted by Gasteiger charge is 2.48. The molecule has 0 aromatic rings. The Kier molecular flexibility index (Phi) is 37.7. The second kappa shape index (κ2) is 39.5. The van der Waals surface area contributed by atoms with Gasteiger partial charge in [-0.15, -0.1) is 0 Å². The van der Waals surface area contributed by atoms with E-state index in [9.17, 15) is 47.9 Å². The molecule has 544 valence electrons. The Balaban J connectivity index is 0.00000191. The van der Waals surface area contributed by atoms with Gasteiger partial charge in [0.2, 0.25) is 0 Å². The zero-order valence-corrected chi connectivity index (χ0v) is 66.1. The van der Waals surface area contributed by atoms with Crippen LogP contribution in [0.15, 0.2) is 12.2 Å². The third kappa shape index (κ3) is 33.9. The lowest BCUT2D eigenvalue weighted by Crippen LogP contribution is -2.46. The predicted octanol–water partition coefficient (Wildman–Crippen LogP) is 15.6. The molecule has 0 saturated heterocycles. The van der Waals surface area contributed by atoms with Gasteiger partial charge in [-0.05, 0) is 176 Å². The molecule has 20 nitrogen and oxygen atoms in total. The van der Waals surface area contributed by atoms with Crippen LogP contribution in [0.1, 0.15) is 268 Å². The number of carbonyl (C=O) groups excluding carboxylic acids is 10. The lowest BCUT2D eigenvalue weighted by Gasteiger charge is -2.39. The van der Waals surface area contributed by atoms with Crippen LogP contribution in [0.4, 0.5) is 0 Å². The number of carbonyl (C=O) groups is 10. The van der Waals surface area contributed by atoms with Gasteiger partial charge in [0.05, 0.1) is 58.9 Å². The van der Waals surface area contributed by atoms with Gasteiger partial charge in [-0.1, -0.05) is 108 Å². The minimum Gasteiger partial charge on any atom is -0.465 e. The number of hydrogen-bond donors (Lipinski definition) is 0. The summed E-state index contributed by atoms with van der Waals surface area (Å²) in [5.41, 5.74) is -5.73. The van der Waals surface area contributed by atoms with Crippen molar-refractivity contribution in [3.63, 3.8) is 0 Å². The summed E-state index contributed by atoms with van der Waals surface area (Å²) in [4.78, 5) is 128. The fraction of sp³-hybridized carbons (Fsp3) is 0.831. The SMILES string of the molecule is C=C(C)C(=O)OCCCC.CC(C)(Br)C(=O)OC1CC(OC(=O)C(C)(C)Br)CC(OC(=O)C(C)(C)Br)C1.CCCCOC(=O)C(C)(C)CC(C)(C)C(=O)OC1CC(OC(=O)C(C)(C)CC(C)(C)C(=O)OCCCC)CC(OC(=O)C(C)(C)CC(C)(C)C(=O)OCCCC)C1. The summed E-state index contributed by atoms with van der Waals surface area (Å²) < 4.78 is 53.7. The predicted molar refractivity (Wildman–Crippen MR) is 371 cm³/mol. The van der Waals surface area contributed by atoms with Crippen molar-refractivity contribution in [1.29, 1.82) is 0 Å². The molecular weight excluding hydrogens is 1410 g/mol. The van der Waals surface area contributed by atoms with Crippen molar-refractivity contribution in [3.05, 3.63) is 12.2 Å². The third-order valence-electron chi connectivity index (χ3n) is 15.5. The van der Waals surface area contributed by atoms with Crippen LogP contribution in [-0.2, 0) is 95.3 Å². The van der Waals surface area contributed by atoms with E-state index in [1.54, 1.807) is 132 Å². The van der Waals surface area contributed by atoms with E-state index in [4.69, 9.17) is 47.4 Å². The van der Waals surface area contributed by atoms with Crippen molar-refractivity contribution in [2.75, 3.05) is 26.4 Å². The molecule has 0 N–H and O–H groups in total. The molecule has 2 saturated carbocycles. The number of hydrogen-bond acceptors (Lipinski definition) is 20. The molecule has 0 spiro atoms. The van der Waals surface area contributed by atoms with Gasteiger partial charge in [0.15, 0.2) is 0 Å². The number of halogens is 3. The standard InChI is InChI=1S/C45H78O12.C18H27Br3O6.C8H14O2/c1-16-19-22-52-34(46)40(4,5)28-43(10,11)37(49)55-31-25-32(56-38(50)44(12,13)29-41(6,7)35(47)53-23-20-17-2)27-33(26-31)57-39(51)45(14,15)30-42(8,9)36(48)54-24-21-18-3;1-16(2,19)13(22)25-10-7-11(26-14(23)17(3,4)20)9-12(8-10)27-15(24)18(5,6)21;1-4-5-6-10-8(9)7(2)3/h31-33H,16-30H2,1-15H3;10-12H,7-9H2,1-6H3;2,4-6H2,1,3H3. The van der Waals surface area contributed by atoms with Gasteiger partial charge in [-0.2, -0.15) is 0 Å². The van der Waals surface area contributed by atoms with Crippen molar-refractivity contribution in [3.8, 4) is 0 Å². The second-order valence-electron chi connectivity index (χ2n) is 30.6. The topological polar surface area (TPSA) is 263 Å². The average Bonchev–Trinajstić information content (AvgIpc) is 0.824. The van der Waals surface area contributed by atoms with Gasteiger partial charge >= 0.3 is 59.7 Å². The van der Waals surface area contributed by atoms with E-state index in [1.165, 1.54) is 0 Å². The zero-order valence-electron chi connectivity index (χ0n) is 61.3. The molecule has 2 aliphatic rings. The van der Waals surface area contributed by atoms with E-state index >= 15 is 0 Å². The summed E-state index contributed by atoms with van der Waals surface area (Å²) >= 11 is 9.83. The van der Waals surface area contributed by atoms with Crippen LogP contribution in [0.3, 0.4) is 0 Å². The molecule has 0 radical (unpaired) electrons. The number of alkyl halides is 3. The molecule has 0 aliphatic heterocycles. The van der Waals surface area contributed by atoms with Crippen LogP contribution in [0.5, 0.6) is 0 Å². The van der Waals surface area contributed by atoms with E-state index in [-0.39, 0.29) is 44.5 Å². The molecule has 2 fully saturated rings. The fourth-order valence-electron chi connectivity index (χ4n) is 10.4. The van der Waals surface area contributed by atoms with Crippen LogP contribution in [0.25, 0.3) is 0 Å². The van der Waals surface area contributed by atoms with Crippen LogP contribution >= 0.6 is 47.8 Å². The highest BCUT2D eigenvalue weighted by atomic mass is 79.9. The third-order valence-corrected chi connectivity index (χ3v) is 16.5. The van der Waals surface area contributed by atoms with E-state index in [0.717, 1.165) is 51.4 Å². The van der Waals surface area contributed by atoms with E-state index in [0.29, 0.717) is 51.3 Å². The van der Waals surface area contributed by atoms with Crippen molar-refractivity contribution in [2.45, 2.75) is 318 Å².